The Kier molecular flexibility index (Phi) is 5.44. The van der Waals surface area contributed by atoms with Gasteiger partial charge in [0.1, 0.15) is 0 Å². The molecule has 19 heavy (non-hydrogen) atoms. The van der Waals surface area contributed by atoms with Crippen LogP contribution in [0, 0.1) is 0 Å². The second kappa shape index (κ2) is 7.33. The van der Waals surface area contributed by atoms with Crippen LogP contribution in [0.1, 0.15) is 5.56 Å². The molecule has 0 aliphatic carbocycles. The SMILES string of the molecule is COCCNCCN(C)Cc1ccc2c(c1)OCO2. The molecule has 0 saturated carbocycles. The molecule has 0 unspecified atom stereocenters. The van der Waals surface area contributed by atoms with Crippen molar-refractivity contribution in [3.05, 3.63) is 23.8 Å². The van der Waals surface area contributed by atoms with E-state index in [9.17, 15) is 0 Å². The van der Waals surface area contributed by atoms with Crippen LogP contribution in [-0.4, -0.2) is 52.1 Å². The number of likely N-dealkylation sites (N-methyl/N-ethyl adjacent to an activating group) is 1. The number of rotatable bonds is 8. The summed E-state index contributed by atoms with van der Waals surface area (Å²) in [4.78, 5) is 2.28. The highest BCUT2D eigenvalue weighted by atomic mass is 16.7. The molecule has 2 rings (SSSR count). The third kappa shape index (κ3) is 4.38. The minimum atomic E-state index is 0.331. The average Bonchev–Trinajstić information content (AvgIpc) is 2.86. The third-order valence-corrected chi connectivity index (χ3v) is 3.04. The van der Waals surface area contributed by atoms with Gasteiger partial charge in [0, 0.05) is 33.3 Å². The lowest BCUT2D eigenvalue weighted by atomic mass is 10.2. The molecule has 1 N–H and O–H groups in total. The highest BCUT2D eigenvalue weighted by molar-refractivity contribution is 5.44. The van der Waals surface area contributed by atoms with E-state index >= 15 is 0 Å². The Bertz CT molecular complexity index is 398. The van der Waals surface area contributed by atoms with Crippen LogP contribution in [0.3, 0.4) is 0 Å². The van der Waals surface area contributed by atoms with E-state index in [4.69, 9.17) is 14.2 Å². The number of hydrogen-bond donors (Lipinski definition) is 1. The van der Waals surface area contributed by atoms with Gasteiger partial charge < -0.3 is 24.4 Å². The van der Waals surface area contributed by atoms with Crippen LogP contribution in [-0.2, 0) is 11.3 Å². The van der Waals surface area contributed by atoms with Crippen molar-refractivity contribution in [1.29, 1.82) is 0 Å². The van der Waals surface area contributed by atoms with Crippen molar-refractivity contribution < 1.29 is 14.2 Å². The lowest BCUT2D eigenvalue weighted by molar-refractivity contribution is 0.174. The van der Waals surface area contributed by atoms with E-state index in [2.05, 4.69) is 29.4 Å². The van der Waals surface area contributed by atoms with Crippen molar-refractivity contribution in [2.75, 3.05) is 47.2 Å². The zero-order chi connectivity index (χ0) is 13.5. The minimum Gasteiger partial charge on any atom is -0.454 e. The number of ether oxygens (including phenoxy) is 3. The van der Waals surface area contributed by atoms with Gasteiger partial charge in [-0.25, -0.2) is 0 Å². The molecule has 0 fully saturated rings. The maximum atomic E-state index is 5.38. The number of methoxy groups -OCH3 is 1. The van der Waals surface area contributed by atoms with Crippen molar-refractivity contribution in [2.24, 2.45) is 0 Å². The van der Waals surface area contributed by atoms with E-state index in [0.29, 0.717) is 6.79 Å². The van der Waals surface area contributed by atoms with Crippen LogP contribution in [0.5, 0.6) is 11.5 Å². The van der Waals surface area contributed by atoms with Gasteiger partial charge in [0.15, 0.2) is 11.5 Å². The van der Waals surface area contributed by atoms with Crippen molar-refractivity contribution >= 4 is 0 Å². The molecule has 0 aromatic heterocycles. The maximum absolute atomic E-state index is 5.38. The number of nitrogens with one attached hydrogen (secondary N) is 1. The highest BCUT2D eigenvalue weighted by Crippen LogP contribution is 2.32. The molecule has 1 heterocycles. The lowest BCUT2D eigenvalue weighted by Crippen LogP contribution is -2.30. The Hall–Kier alpha value is -1.30. The van der Waals surface area contributed by atoms with E-state index in [1.165, 1.54) is 5.56 Å². The van der Waals surface area contributed by atoms with Crippen LogP contribution >= 0.6 is 0 Å². The molecule has 0 saturated heterocycles. The fraction of sp³-hybridized carbons (Fsp3) is 0.571. The summed E-state index contributed by atoms with van der Waals surface area (Å²) < 4.78 is 15.7. The van der Waals surface area contributed by atoms with Gasteiger partial charge in [-0.05, 0) is 24.7 Å². The molecule has 5 heteroatoms. The van der Waals surface area contributed by atoms with Gasteiger partial charge >= 0.3 is 0 Å². The number of nitrogens with zero attached hydrogens (tertiary/aromatic N) is 1. The molecular formula is C14H22N2O3. The fourth-order valence-corrected chi connectivity index (χ4v) is 2.00. The topological polar surface area (TPSA) is 43.0 Å². The second-order valence-electron chi connectivity index (χ2n) is 4.67. The summed E-state index contributed by atoms with van der Waals surface area (Å²) >= 11 is 0. The van der Waals surface area contributed by atoms with Crippen molar-refractivity contribution in [3.63, 3.8) is 0 Å². The standard InChI is InChI=1S/C14H22N2O3/c1-16(7-5-15-6-8-17-2)10-12-3-4-13-14(9-12)19-11-18-13/h3-4,9,15H,5-8,10-11H2,1-2H3. The summed E-state index contributed by atoms with van der Waals surface area (Å²) in [5.41, 5.74) is 1.24. The molecule has 1 aliphatic rings. The van der Waals surface area contributed by atoms with Gasteiger partial charge in [-0.3, -0.25) is 0 Å². The first kappa shape index (κ1) is 14.1. The Morgan fingerprint density at radius 2 is 2.11 bits per heavy atom. The summed E-state index contributed by atoms with van der Waals surface area (Å²) in [7, 11) is 3.83. The summed E-state index contributed by atoms with van der Waals surface area (Å²) in [5, 5.41) is 3.33. The largest absolute Gasteiger partial charge is 0.454 e. The fourth-order valence-electron chi connectivity index (χ4n) is 2.00. The average molecular weight is 266 g/mol. The van der Waals surface area contributed by atoms with E-state index in [-0.39, 0.29) is 0 Å². The van der Waals surface area contributed by atoms with Gasteiger partial charge in [-0.1, -0.05) is 6.07 Å². The molecule has 0 radical (unpaired) electrons. The predicted octanol–water partition coefficient (Wildman–Crippen LogP) is 1.08. The van der Waals surface area contributed by atoms with Crippen LogP contribution in [0.4, 0.5) is 0 Å². The second-order valence-corrected chi connectivity index (χ2v) is 4.67. The molecule has 0 amide bonds. The van der Waals surface area contributed by atoms with E-state index < -0.39 is 0 Å². The van der Waals surface area contributed by atoms with E-state index in [1.54, 1.807) is 7.11 Å². The molecule has 1 aromatic carbocycles. The van der Waals surface area contributed by atoms with Crippen molar-refractivity contribution in [1.82, 2.24) is 10.2 Å². The Labute approximate surface area is 114 Å². The first-order valence-electron chi connectivity index (χ1n) is 6.56. The number of hydrogen-bond acceptors (Lipinski definition) is 5. The maximum Gasteiger partial charge on any atom is 0.231 e. The molecular weight excluding hydrogens is 244 g/mol. The van der Waals surface area contributed by atoms with Gasteiger partial charge in [0.2, 0.25) is 6.79 Å². The summed E-state index contributed by atoms with van der Waals surface area (Å²) in [6.07, 6.45) is 0. The normalized spacial score (nSPS) is 13.2. The Balaban J connectivity index is 1.71. The Morgan fingerprint density at radius 1 is 1.26 bits per heavy atom. The smallest absolute Gasteiger partial charge is 0.231 e. The molecule has 0 atom stereocenters. The predicted molar refractivity (Wildman–Crippen MR) is 73.6 cm³/mol. The van der Waals surface area contributed by atoms with Gasteiger partial charge in [-0.15, -0.1) is 0 Å². The van der Waals surface area contributed by atoms with Crippen LogP contribution in [0.2, 0.25) is 0 Å². The van der Waals surface area contributed by atoms with Crippen LogP contribution < -0.4 is 14.8 Å². The zero-order valence-electron chi connectivity index (χ0n) is 11.6. The lowest BCUT2D eigenvalue weighted by Gasteiger charge is -2.17. The summed E-state index contributed by atoms with van der Waals surface area (Å²) in [5.74, 6) is 1.69. The molecule has 1 aromatic rings. The van der Waals surface area contributed by atoms with E-state index in [1.807, 2.05) is 6.07 Å². The molecule has 0 bridgehead atoms. The highest BCUT2D eigenvalue weighted by Gasteiger charge is 2.13. The quantitative estimate of drug-likeness (QED) is 0.713. The molecule has 1 aliphatic heterocycles. The van der Waals surface area contributed by atoms with E-state index in [0.717, 1.165) is 44.3 Å². The molecule has 0 spiro atoms. The molecule has 106 valence electrons. The first-order valence-corrected chi connectivity index (χ1v) is 6.56. The van der Waals surface area contributed by atoms with Gasteiger partial charge in [0.25, 0.3) is 0 Å². The third-order valence-electron chi connectivity index (χ3n) is 3.04. The molecule has 5 nitrogen and oxygen atoms in total. The van der Waals surface area contributed by atoms with Gasteiger partial charge in [0.05, 0.1) is 6.61 Å². The van der Waals surface area contributed by atoms with Crippen LogP contribution in [0.25, 0.3) is 0 Å². The summed E-state index contributed by atoms with van der Waals surface area (Å²) in [6.45, 7) is 4.85. The van der Waals surface area contributed by atoms with Crippen LogP contribution in [0.15, 0.2) is 18.2 Å². The van der Waals surface area contributed by atoms with Crippen molar-refractivity contribution in [2.45, 2.75) is 6.54 Å². The monoisotopic (exact) mass is 266 g/mol. The van der Waals surface area contributed by atoms with Crippen molar-refractivity contribution in [3.8, 4) is 11.5 Å². The first-order chi connectivity index (χ1) is 9.29. The zero-order valence-corrected chi connectivity index (χ0v) is 11.6. The number of fused-ring (bicyclic) bond motifs is 1. The van der Waals surface area contributed by atoms with Gasteiger partial charge in [-0.2, -0.15) is 0 Å². The number of benzene rings is 1. The Morgan fingerprint density at radius 3 is 2.95 bits per heavy atom. The minimum absolute atomic E-state index is 0.331. The summed E-state index contributed by atoms with van der Waals surface area (Å²) in [6, 6.07) is 6.11.